The minimum Gasteiger partial charge on any atom is -0.467 e. The number of hydrogen-bond donors (Lipinski definition) is 0. The molecular weight excluding hydrogens is 311 g/mol. The molecule has 21 heavy (non-hydrogen) atoms. The Hall–Kier alpha value is -1.78. The molecule has 1 aliphatic rings. The van der Waals surface area contributed by atoms with Gasteiger partial charge in [0.05, 0.1) is 12.0 Å². The quantitative estimate of drug-likeness (QED) is 0.806. The molecule has 1 aliphatic heterocycles. The Balaban J connectivity index is 1.93. The standard InChI is InChI=1S/C15H12Cl2N2O2/c16-9-15(20)19-13(14-2-1-7-21-14)8-12(18-19)10-3-5-11(17)6-4-10/h1-7,13H,8-9H2. The van der Waals surface area contributed by atoms with Gasteiger partial charge in [-0.05, 0) is 29.8 Å². The zero-order valence-corrected chi connectivity index (χ0v) is 12.5. The van der Waals surface area contributed by atoms with Crippen LogP contribution in [0.3, 0.4) is 0 Å². The van der Waals surface area contributed by atoms with Crippen molar-refractivity contribution in [1.29, 1.82) is 0 Å². The van der Waals surface area contributed by atoms with E-state index in [-0.39, 0.29) is 17.8 Å². The fraction of sp³-hybridized carbons (Fsp3) is 0.200. The fourth-order valence-corrected chi connectivity index (χ4v) is 2.57. The van der Waals surface area contributed by atoms with Crippen LogP contribution >= 0.6 is 23.2 Å². The SMILES string of the molecule is O=C(CCl)N1N=C(c2ccc(Cl)cc2)CC1c1ccco1. The molecule has 0 spiro atoms. The highest BCUT2D eigenvalue weighted by atomic mass is 35.5. The van der Waals surface area contributed by atoms with Crippen molar-refractivity contribution in [2.75, 3.05) is 5.88 Å². The van der Waals surface area contributed by atoms with E-state index in [4.69, 9.17) is 27.6 Å². The second kappa shape index (κ2) is 5.92. The molecule has 4 nitrogen and oxygen atoms in total. The number of nitrogens with zero attached hydrogens (tertiary/aromatic N) is 2. The van der Waals surface area contributed by atoms with E-state index in [1.807, 2.05) is 18.2 Å². The van der Waals surface area contributed by atoms with Crippen LogP contribution in [-0.4, -0.2) is 22.5 Å². The maximum Gasteiger partial charge on any atom is 0.258 e. The fourth-order valence-electron chi connectivity index (χ4n) is 2.32. The molecule has 1 atom stereocenters. The van der Waals surface area contributed by atoms with E-state index >= 15 is 0 Å². The molecular formula is C15H12Cl2N2O2. The van der Waals surface area contributed by atoms with Gasteiger partial charge in [0.2, 0.25) is 0 Å². The van der Waals surface area contributed by atoms with Crippen LogP contribution in [0.4, 0.5) is 0 Å². The Labute approximate surface area is 131 Å². The zero-order valence-electron chi connectivity index (χ0n) is 11.0. The Kier molecular flexibility index (Phi) is 3.99. The van der Waals surface area contributed by atoms with Crippen molar-refractivity contribution in [3.8, 4) is 0 Å². The number of halogens is 2. The maximum absolute atomic E-state index is 12.0. The molecule has 0 radical (unpaired) electrons. The first-order valence-corrected chi connectivity index (χ1v) is 7.35. The molecule has 0 aliphatic carbocycles. The minimum atomic E-state index is -0.253. The van der Waals surface area contributed by atoms with Crippen molar-refractivity contribution >= 4 is 34.8 Å². The summed E-state index contributed by atoms with van der Waals surface area (Å²) in [4.78, 5) is 12.0. The number of hydrogen-bond acceptors (Lipinski definition) is 3. The van der Waals surface area contributed by atoms with Crippen molar-refractivity contribution in [2.45, 2.75) is 12.5 Å². The zero-order chi connectivity index (χ0) is 14.8. The number of furan rings is 1. The lowest BCUT2D eigenvalue weighted by atomic mass is 10.0. The second-order valence-electron chi connectivity index (χ2n) is 4.66. The van der Waals surface area contributed by atoms with E-state index in [2.05, 4.69) is 5.10 Å². The summed E-state index contributed by atoms with van der Waals surface area (Å²) >= 11 is 11.6. The van der Waals surface area contributed by atoms with Gasteiger partial charge in [-0.15, -0.1) is 11.6 Å². The van der Waals surface area contributed by atoms with Crippen LogP contribution in [0.1, 0.15) is 23.8 Å². The monoisotopic (exact) mass is 322 g/mol. The van der Waals surface area contributed by atoms with Crippen molar-refractivity contribution < 1.29 is 9.21 Å². The molecule has 3 rings (SSSR count). The Morgan fingerprint density at radius 1 is 1.33 bits per heavy atom. The number of carbonyl (C=O) groups is 1. The first-order chi connectivity index (χ1) is 10.2. The van der Waals surface area contributed by atoms with Gasteiger partial charge < -0.3 is 4.42 Å². The van der Waals surface area contributed by atoms with Gasteiger partial charge in [-0.25, -0.2) is 5.01 Å². The average molecular weight is 323 g/mol. The summed E-state index contributed by atoms with van der Waals surface area (Å²) in [5.41, 5.74) is 1.74. The Bertz CT molecular complexity index is 665. The highest BCUT2D eigenvalue weighted by Gasteiger charge is 2.34. The average Bonchev–Trinajstić information content (AvgIpc) is 3.16. The number of rotatable bonds is 3. The summed E-state index contributed by atoms with van der Waals surface area (Å²) in [7, 11) is 0. The predicted molar refractivity (Wildman–Crippen MR) is 81.6 cm³/mol. The minimum absolute atomic E-state index is 0.116. The number of carbonyl (C=O) groups excluding carboxylic acids is 1. The van der Waals surface area contributed by atoms with E-state index in [1.165, 1.54) is 5.01 Å². The summed E-state index contributed by atoms with van der Waals surface area (Å²) in [5.74, 6) is 0.331. The maximum atomic E-state index is 12.0. The summed E-state index contributed by atoms with van der Waals surface area (Å²) < 4.78 is 5.41. The largest absolute Gasteiger partial charge is 0.467 e. The van der Waals surface area contributed by atoms with Crippen LogP contribution in [0.5, 0.6) is 0 Å². The van der Waals surface area contributed by atoms with Gasteiger partial charge in [-0.3, -0.25) is 4.79 Å². The highest BCUT2D eigenvalue weighted by molar-refractivity contribution is 6.30. The molecule has 2 heterocycles. The predicted octanol–water partition coefficient (Wildman–Crippen LogP) is 3.85. The van der Waals surface area contributed by atoms with Gasteiger partial charge in [0.25, 0.3) is 5.91 Å². The summed E-state index contributed by atoms with van der Waals surface area (Å²) in [5, 5.41) is 6.47. The van der Waals surface area contributed by atoms with Crippen LogP contribution in [-0.2, 0) is 4.79 Å². The molecule has 6 heteroatoms. The van der Waals surface area contributed by atoms with Crippen molar-refractivity contribution in [1.82, 2.24) is 5.01 Å². The van der Waals surface area contributed by atoms with E-state index in [9.17, 15) is 4.79 Å². The van der Waals surface area contributed by atoms with E-state index in [0.29, 0.717) is 17.2 Å². The molecule has 0 saturated carbocycles. The third-order valence-electron chi connectivity index (χ3n) is 3.33. The molecule has 1 aromatic carbocycles. The first kappa shape index (κ1) is 14.2. The van der Waals surface area contributed by atoms with Crippen LogP contribution in [0.15, 0.2) is 52.2 Å². The van der Waals surface area contributed by atoms with Crippen molar-refractivity contribution in [3.63, 3.8) is 0 Å². The topological polar surface area (TPSA) is 45.8 Å². The van der Waals surface area contributed by atoms with E-state index in [0.717, 1.165) is 11.3 Å². The lowest BCUT2D eigenvalue weighted by molar-refractivity contribution is -0.130. The van der Waals surface area contributed by atoms with Crippen LogP contribution in [0.2, 0.25) is 5.02 Å². The van der Waals surface area contributed by atoms with Gasteiger partial charge in [-0.1, -0.05) is 23.7 Å². The number of benzene rings is 1. The molecule has 0 N–H and O–H groups in total. The van der Waals surface area contributed by atoms with Gasteiger partial charge in [-0.2, -0.15) is 5.10 Å². The third kappa shape index (κ3) is 2.82. The van der Waals surface area contributed by atoms with Crippen molar-refractivity contribution in [3.05, 3.63) is 59.0 Å². The lowest BCUT2D eigenvalue weighted by Gasteiger charge is -2.18. The number of alkyl halides is 1. The van der Waals surface area contributed by atoms with E-state index < -0.39 is 0 Å². The van der Waals surface area contributed by atoms with Gasteiger partial charge in [0.15, 0.2) is 0 Å². The normalized spacial score (nSPS) is 17.9. The second-order valence-corrected chi connectivity index (χ2v) is 5.36. The first-order valence-electron chi connectivity index (χ1n) is 6.44. The number of hydrazone groups is 1. The van der Waals surface area contributed by atoms with Crippen LogP contribution in [0.25, 0.3) is 0 Å². The molecule has 1 unspecified atom stereocenters. The van der Waals surface area contributed by atoms with Gasteiger partial charge in [0, 0.05) is 11.4 Å². The summed E-state index contributed by atoms with van der Waals surface area (Å²) in [6, 6.07) is 10.7. The van der Waals surface area contributed by atoms with E-state index in [1.54, 1.807) is 24.5 Å². The molecule has 0 bridgehead atoms. The Morgan fingerprint density at radius 3 is 2.71 bits per heavy atom. The molecule has 0 saturated heterocycles. The number of amides is 1. The lowest BCUT2D eigenvalue weighted by Crippen LogP contribution is -2.27. The Morgan fingerprint density at radius 2 is 2.10 bits per heavy atom. The molecule has 0 fully saturated rings. The summed E-state index contributed by atoms with van der Waals surface area (Å²) in [6.45, 7) is 0. The van der Waals surface area contributed by atoms with Gasteiger partial charge in [0.1, 0.15) is 17.7 Å². The van der Waals surface area contributed by atoms with Crippen molar-refractivity contribution in [2.24, 2.45) is 5.10 Å². The molecule has 1 amide bonds. The van der Waals surface area contributed by atoms with Crippen LogP contribution < -0.4 is 0 Å². The third-order valence-corrected chi connectivity index (χ3v) is 3.81. The van der Waals surface area contributed by atoms with Crippen LogP contribution in [0, 0.1) is 0 Å². The molecule has 2 aromatic rings. The van der Waals surface area contributed by atoms with Gasteiger partial charge >= 0.3 is 0 Å². The highest BCUT2D eigenvalue weighted by Crippen LogP contribution is 2.33. The summed E-state index contributed by atoms with van der Waals surface area (Å²) in [6.07, 6.45) is 2.16. The smallest absolute Gasteiger partial charge is 0.258 e. The molecule has 108 valence electrons. The molecule has 1 aromatic heterocycles.